The Morgan fingerprint density at radius 1 is 1.05 bits per heavy atom. The minimum absolute atomic E-state index is 0.594. The number of benzene rings is 1. The quantitative estimate of drug-likeness (QED) is 0.693. The zero-order valence-electron chi connectivity index (χ0n) is 10.6. The molecule has 2 heterocycles. The molecule has 0 aliphatic heterocycles. The molecule has 0 fully saturated rings. The van der Waals surface area contributed by atoms with Crippen molar-refractivity contribution in [1.29, 1.82) is 0 Å². The van der Waals surface area contributed by atoms with Gasteiger partial charge in [0.15, 0.2) is 5.82 Å². The number of aromatic nitrogens is 6. The number of rotatable bonds is 2. The van der Waals surface area contributed by atoms with E-state index in [-0.39, 0.29) is 0 Å². The lowest BCUT2D eigenvalue weighted by Crippen LogP contribution is -1.92. The third kappa shape index (κ3) is 2.33. The molecular formula is C13H12N6. The normalized spacial score (nSPS) is 10.6. The van der Waals surface area contributed by atoms with Crippen LogP contribution in [0, 0.1) is 6.92 Å². The summed E-state index contributed by atoms with van der Waals surface area (Å²) < 4.78 is 0. The molecule has 0 aliphatic carbocycles. The molecule has 19 heavy (non-hydrogen) atoms. The van der Waals surface area contributed by atoms with Crippen LogP contribution in [0.25, 0.3) is 22.8 Å². The molecule has 0 unspecified atom stereocenters. The van der Waals surface area contributed by atoms with Gasteiger partial charge in [0.2, 0.25) is 5.82 Å². The molecule has 0 atom stereocenters. The van der Waals surface area contributed by atoms with Crippen molar-refractivity contribution in [2.45, 2.75) is 6.92 Å². The van der Waals surface area contributed by atoms with Crippen molar-refractivity contribution in [3.8, 4) is 22.8 Å². The molecule has 0 bridgehead atoms. The molecule has 6 heteroatoms. The first-order chi connectivity index (χ1) is 9.22. The Hall–Kier alpha value is -2.63. The highest BCUT2D eigenvalue weighted by atomic mass is 15.6. The van der Waals surface area contributed by atoms with Crippen LogP contribution in [0.1, 0.15) is 5.69 Å². The van der Waals surface area contributed by atoms with E-state index < -0.39 is 0 Å². The van der Waals surface area contributed by atoms with Crippen LogP contribution >= 0.6 is 0 Å². The second-order valence-corrected chi connectivity index (χ2v) is 4.20. The van der Waals surface area contributed by atoms with Crippen LogP contribution in [0.3, 0.4) is 0 Å². The highest BCUT2D eigenvalue weighted by Crippen LogP contribution is 2.21. The summed E-state index contributed by atoms with van der Waals surface area (Å²) in [7, 11) is 1.74. The fraction of sp³-hybridized carbons (Fsp3) is 0.154. The van der Waals surface area contributed by atoms with Crippen molar-refractivity contribution in [1.82, 2.24) is 30.2 Å². The summed E-state index contributed by atoms with van der Waals surface area (Å²) in [6, 6.07) is 9.68. The van der Waals surface area contributed by atoms with E-state index in [1.807, 2.05) is 37.3 Å². The largest absolute Gasteiger partial charge is 0.237 e. The van der Waals surface area contributed by atoms with Gasteiger partial charge in [-0.1, -0.05) is 18.2 Å². The lowest BCUT2D eigenvalue weighted by molar-refractivity contribution is 0.630. The van der Waals surface area contributed by atoms with Crippen LogP contribution in [0.4, 0.5) is 0 Å². The SMILES string of the molecule is Cc1ccnc(-c2cccc(-c3nnn(C)n3)c2)n1. The maximum Gasteiger partial charge on any atom is 0.204 e. The molecule has 0 saturated heterocycles. The number of hydrogen-bond donors (Lipinski definition) is 0. The molecule has 0 N–H and O–H groups in total. The van der Waals surface area contributed by atoms with E-state index in [0.717, 1.165) is 16.8 Å². The Labute approximate surface area is 110 Å². The van der Waals surface area contributed by atoms with Gasteiger partial charge < -0.3 is 0 Å². The van der Waals surface area contributed by atoms with Gasteiger partial charge in [-0.3, -0.25) is 0 Å². The predicted octanol–water partition coefficient (Wildman–Crippen LogP) is 1.64. The van der Waals surface area contributed by atoms with Gasteiger partial charge in [0.1, 0.15) is 0 Å². The van der Waals surface area contributed by atoms with Gasteiger partial charge in [-0.15, -0.1) is 10.2 Å². The van der Waals surface area contributed by atoms with Crippen LogP contribution in [0.2, 0.25) is 0 Å². The Bertz CT molecular complexity index is 718. The van der Waals surface area contributed by atoms with Crippen LogP contribution in [0.5, 0.6) is 0 Å². The first-order valence-electron chi connectivity index (χ1n) is 5.87. The van der Waals surface area contributed by atoms with Crippen LogP contribution < -0.4 is 0 Å². The Morgan fingerprint density at radius 3 is 2.53 bits per heavy atom. The zero-order chi connectivity index (χ0) is 13.2. The summed E-state index contributed by atoms with van der Waals surface area (Å²) in [6.45, 7) is 1.94. The lowest BCUT2D eigenvalue weighted by atomic mass is 10.1. The first-order valence-corrected chi connectivity index (χ1v) is 5.87. The third-order valence-electron chi connectivity index (χ3n) is 2.68. The van der Waals surface area contributed by atoms with Crippen molar-refractivity contribution < 1.29 is 0 Å². The molecule has 94 valence electrons. The van der Waals surface area contributed by atoms with Gasteiger partial charge in [0.05, 0.1) is 7.05 Å². The molecule has 3 rings (SSSR count). The molecule has 0 amide bonds. The van der Waals surface area contributed by atoms with Crippen molar-refractivity contribution in [3.63, 3.8) is 0 Å². The number of nitrogens with zero attached hydrogens (tertiary/aromatic N) is 6. The second kappa shape index (κ2) is 4.56. The molecule has 0 radical (unpaired) electrons. The highest BCUT2D eigenvalue weighted by molar-refractivity contribution is 5.65. The van der Waals surface area contributed by atoms with E-state index in [1.165, 1.54) is 4.80 Å². The van der Waals surface area contributed by atoms with Gasteiger partial charge >= 0.3 is 0 Å². The number of aryl methyl sites for hydroxylation is 2. The summed E-state index contributed by atoms with van der Waals surface area (Å²) >= 11 is 0. The maximum absolute atomic E-state index is 4.41. The van der Waals surface area contributed by atoms with E-state index in [9.17, 15) is 0 Å². The molecule has 3 aromatic rings. The van der Waals surface area contributed by atoms with E-state index >= 15 is 0 Å². The molecule has 0 aliphatic rings. The minimum atomic E-state index is 0.594. The van der Waals surface area contributed by atoms with Gasteiger partial charge in [-0.05, 0) is 24.3 Å². The third-order valence-corrected chi connectivity index (χ3v) is 2.68. The average molecular weight is 252 g/mol. The number of tetrazole rings is 1. The number of hydrogen-bond acceptors (Lipinski definition) is 5. The summed E-state index contributed by atoms with van der Waals surface area (Å²) in [5.41, 5.74) is 2.78. The summed E-state index contributed by atoms with van der Waals surface area (Å²) in [5, 5.41) is 12.0. The van der Waals surface area contributed by atoms with E-state index in [1.54, 1.807) is 13.2 Å². The highest BCUT2D eigenvalue weighted by Gasteiger charge is 2.07. The van der Waals surface area contributed by atoms with Crippen LogP contribution in [-0.2, 0) is 7.05 Å². The molecule has 0 saturated carbocycles. The maximum atomic E-state index is 4.41. The van der Waals surface area contributed by atoms with E-state index in [0.29, 0.717) is 11.6 Å². The molecule has 6 nitrogen and oxygen atoms in total. The predicted molar refractivity (Wildman–Crippen MR) is 70.0 cm³/mol. The monoisotopic (exact) mass is 252 g/mol. The molecule has 0 spiro atoms. The molecular weight excluding hydrogens is 240 g/mol. The molecule has 2 aromatic heterocycles. The first kappa shape index (κ1) is 11.5. The van der Waals surface area contributed by atoms with Gasteiger partial charge in [-0.2, -0.15) is 4.80 Å². The Kier molecular flexibility index (Phi) is 2.75. The van der Waals surface area contributed by atoms with Crippen LogP contribution in [0.15, 0.2) is 36.5 Å². The lowest BCUT2D eigenvalue weighted by Gasteiger charge is -2.02. The van der Waals surface area contributed by atoms with Crippen LogP contribution in [-0.4, -0.2) is 30.2 Å². The average Bonchev–Trinajstić information content (AvgIpc) is 2.86. The van der Waals surface area contributed by atoms with Crippen molar-refractivity contribution in [2.75, 3.05) is 0 Å². The van der Waals surface area contributed by atoms with Gasteiger partial charge in [0, 0.05) is 23.0 Å². The van der Waals surface area contributed by atoms with E-state index in [4.69, 9.17) is 0 Å². The molecule has 1 aromatic carbocycles. The standard InChI is InChI=1S/C13H12N6/c1-9-6-7-14-12(15-9)10-4-3-5-11(8-10)13-16-18-19(2)17-13/h3-8H,1-2H3. The van der Waals surface area contributed by atoms with Gasteiger partial charge in [0.25, 0.3) is 0 Å². The topological polar surface area (TPSA) is 69.4 Å². The second-order valence-electron chi connectivity index (χ2n) is 4.20. The van der Waals surface area contributed by atoms with E-state index in [2.05, 4.69) is 25.4 Å². The summed E-state index contributed by atoms with van der Waals surface area (Å²) in [6.07, 6.45) is 1.75. The fourth-order valence-corrected chi connectivity index (χ4v) is 1.79. The smallest absolute Gasteiger partial charge is 0.204 e. The fourth-order valence-electron chi connectivity index (χ4n) is 1.79. The summed E-state index contributed by atoms with van der Waals surface area (Å²) in [5.74, 6) is 1.29. The minimum Gasteiger partial charge on any atom is -0.237 e. The Morgan fingerprint density at radius 2 is 1.84 bits per heavy atom. The van der Waals surface area contributed by atoms with Gasteiger partial charge in [-0.25, -0.2) is 9.97 Å². The Balaban J connectivity index is 2.05. The van der Waals surface area contributed by atoms with Crippen molar-refractivity contribution >= 4 is 0 Å². The zero-order valence-corrected chi connectivity index (χ0v) is 10.6. The van der Waals surface area contributed by atoms with Crippen molar-refractivity contribution in [3.05, 3.63) is 42.2 Å². The summed E-state index contributed by atoms with van der Waals surface area (Å²) in [4.78, 5) is 10.1. The van der Waals surface area contributed by atoms with Crippen molar-refractivity contribution in [2.24, 2.45) is 7.05 Å².